The summed E-state index contributed by atoms with van der Waals surface area (Å²) in [6, 6.07) is 6.97. The van der Waals surface area contributed by atoms with E-state index in [1.54, 1.807) is 0 Å². The highest BCUT2D eigenvalue weighted by molar-refractivity contribution is 6.20. The first kappa shape index (κ1) is 14.9. The first-order valence-electron chi connectivity index (χ1n) is 7.91. The number of benzene rings is 1. The molecule has 1 aliphatic heterocycles. The van der Waals surface area contributed by atoms with Gasteiger partial charge in [0.25, 0.3) is 0 Å². The predicted octanol–water partition coefficient (Wildman–Crippen LogP) is 4.13. The Morgan fingerprint density at radius 2 is 1.95 bits per heavy atom. The molecule has 114 valence electrons. The van der Waals surface area contributed by atoms with Gasteiger partial charge in [0.05, 0.1) is 16.4 Å². The van der Waals surface area contributed by atoms with E-state index in [9.17, 15) is 0 Å². The maximum atomic E-state index is 6.37. The van der Waals surface area contributed by atoms with Crippen molar-refractivity contribution < 1.29 is 0 Å². The van der Waals surface area contributed by atoms with Crippen molar-refractivity contribution in [3.63, 3.8) is 0 Å². The van der Waals surface area contributed by atoms with E-state index in [1.807, 2.05) is 6.92 Å². The van der Waals surface area contributed by atoms with E-state index < -0.39 is 0 Å². The van der Waals surface area contributed by atoms with Crippen molar-refractivity contribution in [2.24, 2.45) is 0 Å². The summed E-state index contributed by atoms with van der Waals surface area (Å²) in [7, 11) is 0. The van der Waals surface area contributed by atoms with Crippen LogP contribution in [0, 0.1) is 6.92 Å². The number of alkyl halides is 1. The van der Waals surface area contributed by atoms with Crippen LogP contribution in [0.2, 0.25) is 0 Å². The zero-order valence-electron chi connectivity index (χ0n) is 13.1. The summed E-state index contributed by atoms with van der Waals surface area (Å²) in [5.74, 6) is 0.989. The minimum atomic E-state index is -0.0662. The zero-order chi connectivity index (χ0) is 15.0. The van der Waals surface area contributed by atoms with Gasteiger partial charge in [0.1, 0.15) is 5.82 Å². The SMILES string of the molecule is Cc1ccc2nc(C(C)Cl)n(CC(C)N3CCCC3)c2c1. The number of hydrogen-bond acceptors (Lipinski definition) is 2. The molecule has 2 unspecified atom stereocenters. The topological polar surface area (TPSA) is 21.1 Å². The summed E-state index contributed by atoms with van der Waals surface area (Å²) in [4.78, 5) is 7.32. The first-order chi connectivity index (χ1) is 10.1. The smallest absolute Gasteiger partial charge is 0.127 e. The van der Waals surface area contributed by atoms with Crippen molar-refractivity contribution in [2.45, 2.75) is 51.6 Å². The molecule has 3 rings (SSSR count). The van der Waals surface area contributed by atoms with Gasteiger partial charge in [0.15, 0.2) is 0 Å². The van der Waals surface area contributed by atoms with Gasteiger partial charge >= 0.3 is 0 Å². The molecule has 2 atom stereocenters. The molecular weight excluding hydrogens is 282 g/mol. The molecule has 0 N–H and O–H groups in total. The molecule has 1 aliphatic rings. The largest absolute Gasteiger partial charge is 0.325 e. The van der Waals surface area contributed by atoms with Gasteiger partial charge in [0, 0.05) is 12.6 Å². The van der Waals surface area contributed by atoms with Crippen LogP contribution in [-0.4, -0.2) is 33.6 Å². The molecule has 0 bridgehead atoms. The van der Waals surface area contributed by atoms with E-state index >= 15 is 0 Å². The van der Waals surface area contributed by atoms with Gasteiger partial charge in [-0.05, 0) is 64.4 Å². The number of aromatic nitrogens is 2. The fraction of sp³-hybridized carbons (Fsp3) is 0.588. The summed E-state index contributed by atoms with van der Waals surface area (Å²) in [6.45, 7) is 9.86. The van der Waals surface area contributed by atoms with Crippen LogP contribution in [0.3, 0.4) is 0 Å². The van der Waals surface area contributed by atoms with E-state index in [1.165, 1.54) is 37.0 Å². The summed E-state index contributed by atoms with van der Waals surface area (Å²) in [5, 5.41) is -0.0662. The number of fused-ring (bicyclic) bond motifs is 1. The molecule has 21 heavy (non-hydrogen) atoms. The number of halogens is 1. The van der Waals surface area contributed by atoms with Gasteiger partial charge in [-0.15, -0.1) is 11.6 Å². The van der Waals surface area contributed by atoms with Crippen LogP contribution in [-0.2, 0) is 6.54 Å². The van der Waals surface area contributed by atoms with Crippen molar-refractivity contribution in [1.29, 1.82) is 0 Å². The molecule has 0 radical (unpaired) electrons. The van der Waals surface area contributed by atoms with Gasteiger partial charge in [-0.3, -0.25) is 4.90 Å². The van der Waals surface area contributed by atoms with E-state index in [-0.39, 0.29) is 5.38 Å². The first-order valence-corrected chi connectivity index (χ1v) is 8.35. The second kappa shape index (κ2) is 5.98. The normalized spacial score (nSPS) is 19.2. The highest BCUT2D eigenvalue weighted by atomic mass is 35.5. The lowest BCUT2D eigenvalue weighted by Crippen LogP contribution is -2.34. The monoisotopic (exact) mass is 305 g/mol. The lowest BCUT2D eigenvalue weighted by atomic mass is 10.2. The lowest BCUT2D eigenvalue weighted by molar-refractivity contribution is 0.236. The third-order valence-corrected chi connectivity index (χ3v) is 4.70. The van der Waals surface area contributed by atoms with Crippen LogP contribution in [0.1, 0.15) is 43.5 Å². The summed E-state index contributed by atoms with van der Waals surface area (Å²) in [5.41, 5.74) is 3.53. The molecule has 0 amide bonds. The van der Waals surface area contributed by atoms with Crippen LogP contribution < -0.4 is 0 Å². The van der Waals surface area contributed by atoms with Gasteiger partial charge in [-0.25, -0.2) is 4.98 Å². The number of likely N-dealkylation sites (tertiary alicyclic amines) is 1. The lowest BCUT2D eigenvalue weighted by Gasteiger charge is -2.25. The predicted molar refractivity (Wildman–Crippen MR) is 89.0 cm³/mol. The molecule has 0 spiro atoms. The van der Waals surface area contributed by atoms with Crippen LogP contribution in [0.4, 0.5) is 0 Å². The summed E-state index contributed by atoms with van der Waals surface area (Å²) < 4.78 is 2.32. The quantitative estimate of drug-likeness (QED) is 0.792. The third kappa shape index (κ3) is 2.95. The minimum absolute atomic E-state index is 0.0662. The van der Waals surface area contributed by atoms with E-state index in [0.29, 0.717) is 6.04 Å². The third-order valence-electron chi connectivity index (χ3n) is 4.50. The fourth-order valence-corrected chi connectivity index (χ4v) is 3.48. The van der Waals surface area contributed by atoms with Crippen molar-refractivity contribution >= 4 is 22.6 Å². The number of imidazole rings is 1. The van der Waals surface area contributed by atoms with Crippen molar-refractivity contribution in [3.05, 3.63) is 29.6 Å². The molecule has 2 heterocycles. The van der Waals surface area contributed by atoms with Gasteiger partial charge < -0.3 is 4.57 Å². The molecule has 1 aromatic heterocycles. The van der Waals surface area contributed by atoms with E-state index in [4.69, 9.17) is 16.6 Å². The summed E-state index contributed by atoms with van der Waals surface area (Å²) >= 11 is 6.37. The average Bonchev–Trinajstić information content (AvgIpc) is 3.07. The van der Waals surface area contributed by atoms with Gasteiger partial charge in [-0.1, -0.05) is 6.07 Å². The number of hydrogen-bond donors (Lipinski definition) is 0. The van der Waals surface area contributed by atoms with Crippen molar-refractivity contribution in [1.82, 2.24) is 14.5 Å². The molecule has 4 heteroatoms. The second-order valence-corrected chi connectivity index (χ2v) is 6.94. The minimum Gasteiger partial charge on any atom is -0.325 e. The number of aryl methyl sites for hydroxylation is 1. The molecular formula is C17H24ClN3. The van der Waals surface area contributed by atoms with Crippen LogP contribution in [0.5, 0.6) is 0 Å². The van der Waals surface area contributed by atoms with Crippen LogP contribution in [0.25, 0.3) is 11.0 Å². The van der Waals surface area contributed by atoms with Gasteiger partial charge in [0.2, 0.25) is 0 Å². The molecule has 2 aromatic rings. The standard InChI is InChI=1S/C17H24ClN3/c1-12-6-7-15-16(10-12)21(17(19-15)14(3)18)11-13(2)20-8-4-5-9-20/h6-7,10,13-14H,4-5,8-9,11H2,1-3H3. The maximum absolute atomic E-state index is 6.37. The molecule has 0 aliphatic carbocycles. The molecule has 3 nitrogen and oxygen atoms in total. The molecule has 1 fully saturated rings. The number of nitrogens with zero attached hydrogens (tertiary/aromatic N) is 3. The molecule has 0 saturated carbocycles. The molecule has 1 saturated heterocycles. The van der Waals surface area contributed by atoms with E-state index in [0.717, 1.165) is 17.9 Å². The second-order valence-electron chi connectivity index (χ2n) is 6.28. The zero-order valence-corrected chi connectivity index (χ0v) is 13.9. The van der Waals surface area contributed by atoms with Gasteiger partial charge in [-0.2, -0.15) is 0 Å². The maximum Gasteiger partial charge on any atom is 0.127 e. The van der Waals surface area contributed by atoms with Crippen molar-refractivity contribution in [3.8, 4) is 0 Å². The Kier molecular flexibility index (Phi) is 4.23. The van der Waals surface area contributed by atoms with Crippen LogP contribution in [0.15, 0.2) is 18.2 Å². The molecule has 1 aromatic carbocycles. The van der Waals surface area contributed by atoms with Crippen LogP contribution >= 0.6 is 11.6 Å². The Morgan fingerprint density at radius 3 is 2.62 bits per heavy atom. The average molecular weight is 306 g/mol. The van der Waals surface area contributed by atoms with E-state index in [2.05, 4.69) is 41.5 Å². The number of rotatable bonds is 4. The van der Waals surface area contributed by atoms with Crippen molar-refractivity contribution in [2.75, 3.05) is 13.1 Å². The fourth-order valence-electron chi connectivity index (χ4n) is 3.31. The Morgan fingerprint density at radius 1 is 1.24 bits per heavy atom. The Balaban J connectivity index is 1.98. The highest BCUT2D eigenvalue weighted by Crippen LogP contribution is 2.26. The Bertz CT molecular complexity index is 626. The highest BCUT2D eigenvalue weighted by Gasteiger charge is 2.22. The Labute approximate surface area is 131 Å². The Hall–Kier alpha value is -1.06. The summed E-state index contributed by atoms with van der Waals surface area (Å²) in [6.07, 6.45) is 2.65.